The molecule has 0 atom stereocenters. The summed E-state index contributed by atoms with van der Waals surface area (Å²) in [6.07, 6.45) is 4.64. The SMILES string of the molecule is O=C(NCc1ccccc1-c1ccccc1)C1(c2cccc(F)c2)CCCCC1. The van der Waals surface area contributed by atoms with E-state index >= 15 is 0 Å². The minimum Gasteiger partial charge on any atom is -0.351 e. The molecular weight excluding hydrogens is 361 g/mol. The third-order valence-corrected chi connectivity index (χ3v) is 6.06. The number of carbonyl (C=O) groups excluding carboxylic acids is 1. The Hall–Kier alpha value is -2.94. The molecule has 2 nitrogen and oxygen atoms in total. The first kappa shape index (κ1) is 19.4. The van der Waals surface area contributed by atoms with Crippen LogP contribution in [0.2, 0.25) is 0 Å². The normalized spacial score (nSPS) is 15.6. The lowest BCUT2D eigenvalue weighted by molar-refractivity contribution is -0.128. The number of nitrogens with one attached hydrogen (secondary N) is 1. The average molecular weight is 387 g/mol. The van der Waals surface area contributed by atoms with E-state index in [9.17, 15) is 9.18 Å². The Bertz CT molecular complexity index is 977. The fourth-order valence-corrected chi connectivity index (χ4v) is 4.51. The quantitative estimate of drug-likeness (QED) is 0.571. The van der Waals surface area contributed by atoms with Crippen LogP contribution in [-0.2, 0) is 16.8 Å². The zero-order chi connectivity index (χ0) is 20.1. The molecule has 0 heterocycles. The van der Waals surface area contributed by atoms with E-state index in [4.69, 9.17) is 0 Å². The third kappa shape index (κ3) is 4.09. The number of rotatable bonds is 5. The van der Waals surface area contributed by atoms with Crippen LogP contribution in [0.5, 0.6) is 0 Å². The van der Waals surface area contributed by atoms with E-state index in [2.05, 4.69) is 29.6 Å². The first-order valence-electron chi connectivity index (χ1n) is 10.4. The summed E-state index contributed by atoms with van der Waals surface area (Å²) in [5, 5.41) is 3.18. The predicted octanol–water partition coefficient (Wildman–Crippen LogP) is 6.01. The molecule has 0 aliphatic heterocycles. The minimum absolute atomic E-state index is 0.00525. The van der Waals surface area contributed by atoms with Crippen molar-refractivity contribution in [1.82, 2.24) is 5.32 Å². The molecule has 0 spiro atoms. The maximum atomic E-state index is 13.9. The van der Waals surface area contributed by atoms with Crippen LogP contribution in [0.25, 0.3) is 11.1 Å². The van der Waals surface area contributed by atoms with Gasteiger partial charge in [-0.3, -0.25) is 4.79 Å². The van der Waals surface area contributed by atoms with E-state index in [-0.39, 0.29) is 11.7 Å². The fraction of sp³-hybridized carbons (Fsp3) is 0.269. The molecule has 0 saturated heterocycles. The van der Waals surface area contributed by atoms with Crippen molar-refractivity contribution >= 4 is 5.91 Å². The van der Waals surface area contributed by atoms with E-state index in [0.29, 0.717) is 6.54 Å². The molecule has 1 N–H and O–H groups in total. The Morgan fingerprint density at radius 2 is 1.59 bits per heavy atom. The van der Waals surface area contributed by atoms with Gasteiger partial charge in [0, 0.05) is 6.54 Å². The third-order valence-electron chi connectivity index (χ3n) is 6.06. The molecule has 1 aliphatic rings. The molecule has 3 aromatic carbocycles. The zero-order valence-corrected chi connectivity index (χ0v) is 16.5. The van der Waals surface area contributed by atoms with Gasteiger partial charge in [0.1, 0.15) is 5.82 Å². The molecule has 0 aromatic heterocycles. The predicted molar refractivity (Wildman–Crippen MR) is 115 cm³/mol. The summed E-state index contributed by atoms with van der Waals surface area (Å²) in [4.78, 5) is 13.4. The van der Waals surface area contributed by atoms with Crippen LogP contribution in [0.15, 0.2) is 78.9 Å². The number of carbonyl (C=O) groups is 1. The highest BCUT2D eigenvalue weighted by molar-refractivity contribution is 5.88. The van der Waals surface area contributed by atoms with Gasteiger partial charge in [0.15, 0.2) is 0 Å². The highest BCUT2D eigenvalue weighted by Crippen LogP contribution is 2.40. The van der Waals surface area contributed by atoms with Gasteiger partial charge in [-0.1, -0.05) is 86.0 Å². The molecule has 1 saturated carbocycles. The second-order valence-electron chi connectivity index (χ2n) is 7.86. The van der Waals surface area contributed by atoms with Crippen molar-refractivity contribution in [3.8, 4) is 11.1 Å². The summed E-state index contributed by atoms with van der Waals surface area (Å²) < 4.78 is 13.9. The van der Waals surface area contributed by atoms with Crippen LogP contribution in [0.3, 0.4) is 0 Å². The Morgan fingerprint density at radius 3 is 2.34 bits per heavy atom. The first-order valence-corrected chi connectivity index (χ1v) is 10.4. The lowest BCUT2D eigenvalue weighted by Crippen LogP contribution is -2.45. The molecule has 0 bridgehead atoms. The van der Waals surface area contributed by atoms with E-state index in [1.165, 1.54) is 12.1 Å². The van der Waals surface area contributed by atoms with Crippen LogP contribution in [-0.4, -0.2) is 5.91 Å². The van der Waals surface area contributed by atoms with Gasteiger partial charge in [-0.05, 0) is 47.2 Å². The lowest BCUT2D eigenvalue weighted by atomic mass is 9.68. The molecule has 1 amide bonds. The number of amides is 1. The zero-order valence-electron chi connectivity index (χ0n) is 16.5. The summed E-state index contributed by atoms with van der Waals surface area (Å²) in [6, 6.07) is 24.9. The first-order chi connectivity index (χ1) is 14.2. The molecule has 1 fully saturated rings. The van der Waals surface area contributed by atoms with Crippen LogP contribution < -0.4 is 5.32 Å². The summed E-state index contributed by atoms with van der Waals surface area (Å²) in [7, 11) is 0. The molecule has 3 aromatic rings. The van der Waals surface area contributed by atoms with Crippen molar-refractivity contribution in [3.63, 3.8) is 0 Å². The van der Waals surface area contributed by atoms with Gasteiger partial charge >= 0.3 is 0 Å². The maximum absolute atomic E-state index is 13.9. The van der Waals surface area contributed by atoms with Gasteiger partial charge in [-0.25, -0.2) is 4.39 Å². The summed E-state index contributed by atoms with van der Waals surface area (Å²) >= 11 is 0. The van der Waals surface area contributed by atoms with E-state index < -0.39 is 5.41 Å². The van der Waals surface area contributed by atoms with Gasteiger partial charge in [-0.2, -0.15) is 0 Å². The van der Waals surface area contributed by atoms with Crippen molar-refractivity contribution in [2.24, 2.45) is 0 Å². The van der Waals surface area contributed by atoms with Crippen molar-refractivity contribution in [3.05, 3.63) is 95.8 Å². The van der Waals surface area contributed by atoms with Crippen molar-refractivity contribution < 1.29 is 9.18 Å². The van der Waals surface area contributed by atoms with Crippen LogP contribution in [0, 0.1) is 5.82 Å². The van der Waals surface area contributed by atoms with Crippen LogP contribution in [0.1, 0.15) is 43.2 Å². The van der Waals surface area contributed by atoms with Gasteiger partial charge in [0.2, 0.25) is 5.91 Å². The number of hydrogen-bond donors (Lipinski definition) is 1. The molecule has 148 valence electrons. The van der Waals surface area contributed by atoms with Crippen LogP contribution in [0.4, 0.5) is 4.39 Å². The van der Waals surface area contributed by atoms with E-state index in [0.717, 1.165) is 54.4 Å². The average Bonchev–Trinajstić information content (AvgIpc) is 2.78. The highest BCUT2D eigenvalue weighted by Gasteiger charge is 2.41. The monoisotopic (exact) mass is 387 g/mol. The van der Waals surface area contributed by atoms with E-state index in [1.807, 2.05) is 36.4 Å². The van der Waals surface area contributed by atoms with Gasteiger partial charge < -0.3 is 5.32 Å². The summed E-state index contributed by atoms with van der Waals surface area (Å²) in [6.45, 7) is 0.459. The van der Waals surface area contributed by atoms with Gasteiger partial charge in [0.25, 0.3) is 0 Å². The minimum atomic E-state index is -0.637. The van der Waals surface area contributed by atoms with Gasteiger partial charge in [-0.15, -0.1) is 0 Å². The van der Waals surface area contributed by atoms with Crippen molar-refractivity contribution in [2.75, 3.05) is 0 Å². The fourth-order valence-electron chi connectivity index (χ4n) is 4.51. The van der Waals surface area contributed by atoms with Crippen LogP contribution >= 0.6 is 0 Å². The molecule has 0 radical (unpaired) electrons. The summed E-state index contributed by atoms with van der Waals surface area (Å²) in [5.74, 6) is -0.277. The standard InChI is InChI=1S/C26H26FNO/c27-23-14-9-13-22(18-23)26(16-7-2-8-17-26)25(29)28-19-21-12-5-6-15-24(21)20-10-3-1-4-11-20/h1,3-6,9-15,18H,2,7-8,16-17,19H2,(H,28,29). The van der Waals surface area contributed by atoms with Gasteiger partial charge in [0.05, 0.1) is 5.41 Å². The Labute approximate surface area is 171 Å². The Morgan fingerprint density at radius 1 is 0.862 bits per heavy atom. The summed E-state index contributed by atoms with van der Waals surface area (Å²) in [5.41, 5.74) is 3.50. The molecule has 0 unspecified atom stereocenters. The van der Waals surface area contributed by atoms with E-state index in [1.54, 1.807) is 6.07 Å². The molecule has 3 heteroatoms. The number of benzene rings is 3. The lowest BCUT2D eigenvalue weighted by Gasteiger charge is -2.36. The Kier molecular flexibility index (Phi) is 5.75. The molecule has 29 heavy (non-hydrogen) atoms. The Balaban J connectivity index is 1.59. The number of hydrogen-bond acceptors (Lipinski definition) is 1. The maximum Gasteiger partial charge on any atom is 0.230 e. The number of halogens is 1. The van der Waals surface area contributed by atoms with Crippen molar-refractivity contribution in [1.29, 1.82) is 0 Å². The largest absolute Gasteiger partial charge is 0.351 e. The molecular formula is C26H26FNO. The van der Waals surface area contributed by atoms with Crippen molar-refractivity contribution in [2.45, 2.75) is 44.1 Å². The topological polar surface area (TPSA) is 29.1 Å². The smallest absolute Gasteiger partial charge is 0.230 e. The molecule has 1 aliphatic carbocycles. The highest BCUT2D eigenvalue weighted by atomic mass is 19.1. The second-order valence-corrected chi connectivity index (χ2v) is 7.86. The molecule has 4 rings (SSSR count). The second kappa shape index (κ2) is 8.60.